The van der Waals surface area contributed by atoms with Crippen LogP contribution in [0.15, 0.2) is 113 Å². The number of para-hydroxylation sites is 1. The van der Waals surface area contributed by atoms with Crippen LogP contribution in [-0.4, -0.2) is 10.9 Å². The minimum absolute atomic E-state index is 0.199. The number of pyridine rings is 1. The number of azo groups is 1. The molecule has 5 nitrogen and oxygen atoms in total. The fraction of sp³-hybridized carbons (Fsp3) is 0.0345. The van der Waals surface area contributed by atoms with E-state index in [1.807, 2.05) is 110 Å². The Morgan fingerprint density at radius 1 is 0.771 bits per heavy atom. The molecule has 0 saturated carbocycles. The van der Waals surface area contributed by atoms with E-state index in [1.54, 1.807) is 0 Å². The molecule has 6 heteroatoms. The van der Waals surface area contributed by atoms with Gasteiger partial charge in [0.2, 0.25) is 0 Å². The molecule has 0 bridgehead atoms. The number of hydrogen-bond acceptors (Lipinski definition) is 4. The number of amides is 1. The maximum Gasteiger partial charge on any atom is 0.256 e. The molecular weight excluding hydrogens is 456 g/mol. The van der Waals surface area contributed by atoms with Crippen LogP contribution < -0.4 is 5.32 Å². The topological polar surface area (TPSA) is 66.7 Å². The minimum Gasteiger partial charge on any atom is -0.322 e. The lowest BCUT2D eigenvalue weighted by molar-refractivity contribution is 0.102. The number of rotatable bonds is 5. The Hall–Kier alpha value is -4.35. The summed E-state index contributed by atoms with van der Waals surface area (Å²) < 4.78 is 0. The molecule has 1 aromatic heterocycles. The van der Waals surface area contributed by atoms with E-state index in [0.717, 1.165) is 33.4 Å². The molecule has 0 aliphatic heterocycles. The average Bonchev–Trinajstić information content (AvgIpc) is 2.89. The third kappa shape index (κ3) is 4.95. The monoisotopic (exact) mass is 476 g/mol. The van der Waals surface area contributed by atoms with Crippen molar-refractivity contribution in [2.75, 3.05) is 5.32 Å². The Morgan fingerprint density at radius 3 is 2.11 bits per heavy atom. The zero-order valence-corrected chi connectivity index (χ0v) is 19.7. The molecule has 0 fully saturated rings. The van der Waals surface area contributed by atoms with E-state index < -0.39 is 0 Å². The van der Waals surface area contributed by atoms with Crippen molar-refractivity contribution in [3.63, 3.8) is 0 Å². The maximum atomic E-state index is 13.5. The second kappa shape index (κ2) is 9.87. The lowest BCUT2D eigenvalue weighted by Crippen LogP contribution is -2.15. The quantitative estimate of drug-likeness (QED) is 0.258. The van der Waals surface area contributed by atoms with Crippen molar-refractivity contribution in [1.29, 1.82) is 0 Å². The second-order valence-corrected chi connectivity index (χ2v) is 8.46. The van der Waals surface area contributed by atoms with E-state index in [1.165, 1.54) is 0 Å². The van der Waals surface area contributed by atoms with Crippen LogP contribution in [0.2, 0.25) is 5.02 Å². The Kier molecular flexibility index (Phi) is 6.33. The molecule has 4 aromatic carbocycles. The fourth-order valence-corrected chi connectivity index (χ4v) is 4.03. The fourth-order valence-electron chi connectivity index (χ4n) is 3.90. The van der Waals surface area contributed by atoms with Gasteiger partial charge in [-0.3, -0.25) is 4.79 Å². The van der Waals surface area contributed by atoms with E-state index in [-0.39, 0.29) is 5.91 Å². The number of hydrogen-bond donors (Lipinski definition) is 1. The molecule has 1 amide bonds. The highest BCUT2D eigenvalue weighted by Gasteiger charge is 2.19. The highest BCUT2D eigenvalue weighted by Crippen LogP contribution is 2.31. The summed E-state index contributed by atoms with van der Waals surface area (Å²) in [6.45, 7) is 1.92. The minimum atomic E-state index is -0.199. The van der Waals surface area contributed by atoms with Gasteiger partial charge in [-0.25, -0.2) is 4.98 Å². The molecule has 1 heterocycles. The number of halogens is 1. The normalized spacial score (nSPS) is 11.1. The van der Waals surface area contributed by atoms with Gasteiger partial charge in [-0.15, -0.1) is 0 Å². The van der Waals surface area contributed by atoms with Crippen molar-refractivity contribution in [2.24, 2.45) is 10.2 Å². The standard InChI is InChI=1S/C29H21ClN4O/c1-19-27(25-9-5-6-10-26(25)32-28(19)20-11-13-21(30)14-12-20)29(35)31-22-15-17-24(18-16-22)34-33-23-7-3-2-4-8-23/h2-18H,1H3,(H,31,35). The number of anilines is 1. The molecule has 0 aliphatic rings. The summed E-state index contributed by atoms with van der Waals surface area (Å²) in [6.07, 6.45) is 0. The summed E-state index contributed by atoms with van der Waals surface area (Å²) in [6, 6.07) is 31.9. The van der Waals surface area contributed by atoms with Crippen LogP contribution in [0.25, 0.3) is 22.2 Å². The summed E-state index contributed by atoms with van der Waals surface area (Å²) in [5.41, 5.74) is 5.95. The number of carbonyl (C=O) groups excluding carboxylic acids is 1. The third-order valence-corrected chi connectivity index (χ3v) is 5.89. The van der Waals surface area contributed by atoms with Crippen molar-refractivity contribution >= 4 is 45.5 Å². The van der Waals surface area contributed by atoms with Gasteiger partial charge in [0.05, 0.1) is 28.1 Å². The number of aromatic nitrogens is 1. The van der Waals surface area contributed by atoms with Gasteiger partial charge in [-0.1, -0.05) is 60.1 Å². The Labute approximate surface area is 208 Å². The molecule has 0 saturated heterocycles. The molecule has 0 unspecified atom stereocenters. The maximum absolute atomic E-state index is 13.5. The van der Waals surface area contributed by atoms with Crippen LogP contribution >= 0.6 is 11.6 Å². The van der Waals surface area contributed by atoms with Crippen LogP contribution in [0, 0.1) is 6.92 Å². The van der Waals surface area contributed by atoms with Crippen molar-refractivity contribution in [2.45, 2.75) is 6.92 Å². The van der Waals surface area contributed by atoms with Crippen molar-refractivity contribution in [3.05, 3.63) is 119 Å². The lowest BCUT2D eigenvalue weighted by atomic mass is 9.97. The number of carbonyl (C=O) groups is 1. The summed E-state index contributed by atoms with van der Waals surface area (Å²) in [5, 5.41) is 13.0. The van der Waals surface area contributed by atoms with Crippen molar-refractivity contribution < 1.29 is 4.79 Å². The summed E-state index contributed by atoms with van der Waals surface area (Å²) >= 11 is 6.07. The Bertz CT molecular complexity index is 1530. The molecule has 170 valence electrons. The van der Waals surface area contributed by atoms with Gasteiger partial charge in [0.1, 0.15) is 0 Å². The van der Waals surface area contributed by atoms with Crippen molar-refractivity contribution in [3.8, 4) is 11.3 Å². The van der Waals surface area contributed by atoms with E-state index in [2.05, 4.69) is 15.5 Å². The summed E-state index contributed by atoms with van der Waals surface area (Å²) in [5.74, 6) is -0.199. The first-order valence-corrected chi connectivity index (χ1v) is 11.5. The van der Waals surface area contributed by atoms with Crippen LogP contribution in [0.5, 0.6) is 0 Å². The van der Waals surface area contributed by atoms with Crippen LogP contribution in [0.1, 0.15) is 15.9 Å². The molecule has 35 heavy (non-hydrogen) atoms. The van der Waals surface area contributed by atoms with E-state index in [9.17, 15) is 4.79 Å². The van der Waals surface area contributed by atoms with Gasteiger partial charge in [-0.05, 0) is 67.1 Å². The van der Waals surface area contributed by atoms with Crippen LogP contribution in [0.3, 0.4) is 0 Å². The van der Waals surface area contributed by atoms with Crippen LogP contribution in [0.4, 0.5) is 17.1 Å². The summed E-state index contributed by atoms with van der Waals surface area (Å²) in [4.78, 5) is 18.3. The van der Waals surface area contributed by atoms with E-state index in [0.29, 0.717) is 22.0 Å². The number of nitrogens with zero attached hydrogens (tertiary/aromatic N) is 3. The predicted octanol–water partition coefficient (Wildman–Crippen LogP) is 8.53. The van der Waals surface area contributed by atoms with Crippen molar-refractivity contribution in [1.82, 2.24) is 4.98 Å². The zero-order chi connectivity index (χ0) is 24.2. The smallest absolute Gasteiger partial charge is 0.256 e. The van der Waals surface area contributed by atoms with Crippen LogP contribution in [-0.2, 0) is 0 Å². The molecule has 0 spiro atoms. The first-order valence-electron chi connectivity index (χ1n) is 11.1. The van der Waals surface area contributed by atoms with E-state index >= 15 is 0 Å². The molecule has 5 aromatic rings. The Balaban J connectivity index is 1.45. The zero-order valence-electron chi connectivity index (χ0n) is 18.9. The first kappa shape index (κ1) is 22.4. The first-order chi connectivity index (χ1) is 17.1. The van der Waals surface area contributed by atoms with Gasteiger partial charge in [-0.2, -0.15) is 10.2 Å². The average molecular weight is 477 g/mol. The lowest BCUT2D eigenvalue weighted by Gasteiger charge is -2.15. The molecule has 0 atom stereocenters. The number of nitrogens with one attached hydrogen (secondary N) is 1. The second-order valence-electron chi connectivity index (χ2n) is 8.02. The van der Waals surface area contributed by atoms with Gasteiger partial charge >= 0.3 is 0 Å². The summed E-state index contributed by atoms with van der Waals surface area (Å²) in [7, 11) is 0. The molecule has 5 rings (SSSR count). The highest BCUT2D eigenvalue weighted by atomic mass is 35.5. The van der Waals surface area contributed by atoms with Gasteiger partial charge in [0.15, 0.2) is 0 Å². The number of fused-ring (bicyclic) bond motifs is 1. The molecular formula is C29H21ClN4O. The van der Waals surface area contributed by atoms with Gasteiger partial charge in [0, 0.05) is 21.7 Å². The number of benzene rings is 4. The molecule has 0 aliphatic carbocycles. The molecule has 1 N–H and O–H groups in total. The SMILES string of the molecule is Cc1c(-c2ccc(Cl)cc2)nc2ccccc2c1C(=O)Nc1ccc(N=Nc2ccccc2)cc1. The third-order valence-electron chi connectivity index (χ3n) is 5.64. The predicted molar refractivity (Wildman–Crippen MR) is 142 cm³/mol. The van der Waals surface area contributed by atoms with Gasteiger partial charge in [0.25, 0.3) is 5.91 Å². The van der Waals surface area contributed by atoms with Gasteiger partial charge < -0.3 is 5.32 Å². The highest BCUT2D eigenvalue weighted by molar-refractivity contribution is 6.30. The molecule has 0 radical (unpaired) electrons. The van der Waals surface area contributed by atoms with E-state index in [4.69, 9.17) is 16.6 Å². The largest absolute Gasteiger partial charge is 0.322 e. The Morgan fingerprint density at radius 2 is 1.40 bits per heavy atom.